The van der Waals surface area contributed by atoms with Crippen molar-refractivity contribution in [1.29, 1.82) is 0 Å². The number of nitrogens with one attached hydrogen (secondary N) is 1. The highest BCUT2D eigenvalue weighted by molar-refractivity contribution is 5.68. The van der Waals surface area contributed by atoms with Gasteiger partial charge in [0.25, 0.3) is 0 Å². The van der Waals surface area contributed by atoms with Crippen LogP contribution in [-0.2, 0) is 10.9 Å². The number of amides is 1. The van der Waals surface area contributed by atoms with Crippen molar-refractivity contribution < 1.29 is 22.7 Å². The van der Waals surface area contributed by atoms with E-state index in [-0.39, 0.29) is 6.54 Å². The maximum absolute atomic E-state index is 12.4. The number of hydrogen-bond acceptors (Lipinski definition) is 2. The molecule has 0 aliphatic heterocycles. The van der Waals surface area contributed by atoms with Crippen molar-refractivity contribution in [2.75, 3.05) is 6.54 Å². The standard InChI is InChI=1S/C15H18F3NO2/c1-14(2,3)21-13(20)19-10-4-5-11-6-8-12(9-7-11)15(16,17)18/h4-9H,10H2,1-3H3,(H,19,20). The molecule has 0 aromatic heterocycles. The molecule has 0 bridgehead atoms. The van der Waals surface area contributed by atoms with Crippen LogP contribution in [-0.4, -0.2) is 18.2 Å². The summed E-state index contributed by atoms with van der Waals surface area (Å²) in [7, 11) is 0. The first-order chi connectivity index (χ1) is 9.58. The molecule has 0 atom stereocenters. The van der Waals surface area contributed by atoms with E-state index in [1.54, 1.807) is 32.9 Å². The lowest BCUT2D eigenvalue weighted by Crippen LogP contribution is -2.32. The predicted molar refractivity (Wildman–Crippen MR) is 74.7 cm³/mol. The van der Waals surface area contributed by atoms with Crippen molar-refractivity contribution in [2.45, 2.75) is 32.5 Å². The summed E-state index contributed by atoms with van der Waals surface area (Å²) in [5.74, 6) is 0. The fourth-order valence-electron chi connectivity index (χ4n) is 1.43. The van der Waals surface area contributed by atoms with Crippen LogP contribution in [0.2, 0.25) is 0 Å². The smallest absolute Gasteiger partial charge is 0.416 e. The third kappa shape index (κ3) is 6.83. The molecule has 21 heavy (non-hydrogen) atoms. The largest absolute Gasteiger partial charge is 0.444 e. The first-order valence-electron chi connectivity index (χ1n) is 6.38. The molecule has 1 aromatic rings. The molecule has 0 radical (unpaired) electrons. The van der Waals surface area contributed by atoms with Crippen molar-refractivity contribution in [3.8, 4) is 0 Å². The molecule has 0 saturated heterocycles. The van der Waals surface area contributed by atoms with Crippen molar-refractivity contribution in [3.05, 3.63) is 41.5 Å². The minimum atomic E-state index is -4.33. The van der Waals surface area contributed by atoms with E-state index < -0.39 is 23.4 Å². The number of alkyl halides is 3. The highest BCUT2D eigenvalue weighted by Crippen LogP contribution is 2.29. The van der Waals surface area contributed by atoms with Gasteiger partial charge in [0.2, 0.25) is 0 Å². The molecular weight excluding hydrogens is 283 g/mol. The van der Waals surface area contributed by atoms with Gasteiger partial charge in [0.15, 0.2) is 0 Å². The number of hydrogen-bond donors (Lipinski definition) is 1. The zero-order valence-electron chi connectivity index (χ0n) is 12.1. The summed E-state index contributed by atoms with van der Waals surface area (Å²) in [5, 5.41) is 2.52. The molecule has 116 valence electrons. The molecule has 0 aliphatic carbocycles. The van der Waals surface area contributed by atoms with E-state index >= 15 is 0 Å². The van der Waals surface area contributed by atoms with Gasteiger partial charge in [0.05, 0.1) is 5.56 Å². The molecule has 0 fully saturated rings. The van der Waals surface area contributed by atoms with Crippen LogP contribution in [0.15, 0.2) is 30.3 Å². The molecular formula is C15H18F3NO2. The van der Waals surface area contributed by atoms with E-state index in [0.717, 1.165) is 12.1 Å². The fraction of sp³-hybridized carbons (Fsp3) is 0.400. The molecule has 0 aliphatic rings. The molecule has 6 heteroatoms. The Labute approximate surface area is 121 Å². The summed E-state index contributed by atoms with van der Waals surface area (Å²) in [4.78, 5) is 11.3. The predicted octanol–water partition coefficient (Wildman–Crippen LogP) is 4.24. The number of carbonyl (C=O) groups excluding carboxylic acids is 1. The SMILES string of the molecule is CC(C)(C)OC(=O)NCC=Cc1ccc(C(F)(F)F)cc1. The van der Waals surface area contributed by atoms with Crippen LogP contribution < -0.4 is 5.32 Å². The number of carbonyl (C=O) groups is 1. The van der Waals surface area contributed by atoms with E-state index in [4.69, 9.17) is 4.74 Å². The van der Waals surface area contributed by atoms with Crippen molar-refractivity contribution in [1.82, 2.24) is 5.32 Å². The van der Waals surface area contributed by atoms with Crippen LogP contribution in [0.25, 0.3) is 6.08 Å². The molecule has 1 aromatic carbocycles. The first-order valence-corrected chi connectivity index (χ1v) is 6.38. The minimum Gasteiger partial charge on any atom is -0.444 e. The summed E-state index contributed by atoms with van der Waals surface area (Å²) in [6.45, 7) is 5.50. The maximum Gasteiger partial charge on any atom is 0.416 e. The topological polar surface area (TPSA) is 38.3 Å². The molecule has 3 nitrogen and oxygen atoms in total. The Morgan fingerprint density at radius 3 is 2.24 bits per heavy atom. The number of rotatable bonds is 3. The minimum absolute atomic E-state index is 0.232. The van der Waals surface area contributed by atoms with Crippen LogP contribution in [0.3, 0.4) is 0 Å². The lowest BCUT2D eigenvalue weighted by molar-refractivity contribution is -0.137. The second kappa shape index (κ2) is 6.65. The van der Waals surface area contributed by atoms with Crippen molar-refractivity contribution in [3.63, 3.8) is 0 Å². The van der Waals surface area contributed by atoms with E-state index in [1.807, 2.05) is 0 Å². The highest BCUT2D eigenvalue weighted by Gasteiger charge is 2.29. The molecule has 1 rings (SSSR count). The summed E-state index contributed by atoms with van der Waals surface area (Å²) < 4.78 is 42.1. The summed E-state index contributed by atoms with van der Waals surface area (Å²) >= 11 is 0. The molecule has 1 amide bonds. The molecule has 0 spiro atoms. The van der Waals surface area contributed by atoms with E-state index in [1.165, 1.54) is 12.1 Å². The summed E-state index contributed by atoms with van der Waals surface area (Å²) in [5.41, 5.74) is -0.637. The van der Waals surface area contributed by atoms with Crippen molar-refractivity contribution in [2.24, 2.45) is 0 Å². The van der Waals surface area contributed by atoms with Gasteiger partial charge in [-0.2, -0.15) is 13.2 Å². The van der Waals surface area contributed by atoms with Gasteiger partial charge >= 0.3 is 12.3 Å². The van der Waals surface area contributed by atoms with Crippen molar-refractivity contribution >= 4 is 12.2 Å². The van der Waals surface area contributed by atoms with Crippen LogP contribution in [0.5, 0.6) is 0 Å². The van der Waals surface area contributed by atoms with Crippen LogP contribution in [0, 0.1) is 0 Å². The Hall–Kier alpha value is -1.98. The zero-order chi connectivity index (χ0) is 16.1. The summed E-state index contributed by atoms with van der Waals surface area (Å²) in [6, 6.07) is 4.77. The fourth-order valence-corrected chi connectivity index (χ4v) is 1.43. The van der Waals surface area contributed by atoms with Gasteiger partial charge in [-0.25, -0.2) is 4.79 Å². The Bertz CT molecular complexity index is 499. The second-order valence-electron chi connectivity index (χ2n) is 5.40. The van der Waals surface area contributed by atoms with Gasteiger partial charge in [0, 0.05) is 6.54 Å². The van der Waals surface area contributed by atoms with Gasteiger partial charge < -0.3 is 10.1 Å². The second-order valence-corrected chi connectivity index (χ2v) is 5.40. The van der Waals surface area contributed by atoms with E-state index in [0.29, 0.717) is 5.56 Å². The number of benzene rings is 1. The van der Waals surface area contributed by atoms with Gasteiger partial charge in [-0.05, 0) is 38.5 Å². The summed E-state index contributed by atoms with van der Waals surface area (Å²) in [6.07, 6.45) is -1.62. The Morgan fingerprint density at radius 2 is 1.76 bits per heavy atom. The average Bonchev–Trinajstić information content (AvgIpc) is 2.32. The highest BCUT2D eigenvalue weighted by atomic mass is 19.4. The monoisotopic (exact) mass is 301 g/mol. The van der Waals surface area contributed by atoms with Crippen LogP contribution in [0.4, 0.5) is 18.0 Å². The third-order valence-corrected chi connectivity index (χ3v) is 2.31. The quantitative estimate of drug-likeness (QED) is 0.906. The lowest BCUT2D eigenvalue weighted by Gasteiger charge is -2.19. The zero-order valence-corrected chi connectivity index (χ0v) is 12.1. The van der Waals surface area contributed by atoms with E-state index in [9.17, 15) is 18.0 Å². The lowest BCUT2D eigenvalue weighted by atomic mass is 10.1. The molecule has 0 heterocycles. The van der Waals surface area contributed by atoms with Gasteiger partial charge in [-0.1, -0.05) is 24.3 Å². The third-order valence-electron chi connectivity index (χ3n) is 2.31. The number of halogens is 3. The Kier molecular flexibility index (Phi) is 5.41. The number of alkyl carbamates (subject to hydrolysis) is 1. The van der Waals surface area contributed by atoms with Gasteiger partial charge in [0.1, 0.15) is 5.60 Å². The Morgan fingerprint density at radius 1 is 1.19 bits per heavy atom. The normalized spacial score (nSPS) is 12.5. The average molecular weight is 301 g/mol. The van der Waals surface area contributed by atoms with Crippen LogP contribution in [0.1, 0.15) is 31.9 Å². The van der Waals surface area contributed by atoms with Crippen LogP contribution >= 0.6 is 0 Å². The first kappa shape index (κ1) is 17.1. The molecule has 1 N–H and O–H groups in total. The van der Waals surface area contributed by atoms with Gasteiger partial charge in [-0.3, -0.25) is 0 Å². The maximum atomic E-state index is 12.4. The Balaban J connectivity index is 2.46. The van der Waals surface area contributed by atoms with Gasteiger partial charge in [-0.15, -0.1) is 0 Å². The number of ether oxygens (including phenoxy) is 1. The molecule has 0 unspecified atom stereocenters. The molecule has 0 saturated carbocycles. The van der Waals surface area contributed by atoms with E-state index in [2.05, 4.69) is 5.32 Å².